The third-order valence-electron chi connectivity index (χ3n) is 2.29. The number of carboxylic acids is 1. The van der Waals surface area contributed by atoms with Gasteiger partial charge in [0.05, 0.1) is 6.42 Å². The third-order valence-corrected chi connectivity index (χ3v) is 2.29. The number of nitrogens with two attached hydrogens (primary N) is 1. The molecule has 0 fully saturated rings. The van der Waals surface area contributed by atoms with E-state index < -0.39 is 17.8 Å². The zero-order valence-corrected chi connectivity index (χ0v) is 8.74. The number of hydrogen-bond acceptors (Lipinski definition) is 3. The lowest BCUT2D eigenvalue weighted by atomic mass is 9.97. The Morgan fingerprint density at radius 3 is 2.75 bits per heavy atom. The molecular weight excluding hydrogens is 213 g/mol. The van der Waals surface area contributed by atoms with Crippen LogP contribution in [0.15, 0.2) is 12.1 Å². The molecule has 5 heteroatoms. The first kappa shape index (κ1) is 12.3. The molecule has 0 bridgehead atoms. The molecule has 4 nitrogen and oxygen atoms in total. The van der Waals surface area contributed by atoms with Gasteiger partial charge in [0.1, 0.15) is 12.1 Å². The number of aliphatic carboxylic acids is 1. The average Bonchev–Trinajstić information content (AvgIpc) is 2.20. The van der Waals surface area contributed by atoms with Crippen molar-refractivity contribution in [3.8, 4) is 0 Å². The second-order valence-electron chi connectivity index (χ2n) is 3.55. The van der Waals surface area contributed by atoms with Crippen molar-refractivity contribution in [1.29, 1.82) is 0 Å². The van der Waals surface area contributed by atoms with Crippen molar-refractivity contribution in [2.24, 2.45) is 5.73 Å². The van der Waals surface area contributed by atoms with Crippen molar-refractivity contribution in [2.75, 3.05) is 0 Å². The molecule has 0 radical (unpaired) electrons. The molecule has 0 aliphatic carbocycles. The zero-order valence-electron chi connectivity index (χ0n) is 8.74. The van der Waals surface area contributed by atoms with E-state index in [1.165, 1.54) is 13.0 Å². The molecule has 86 valence electrons. The van der Waals surface area contributed by atoms with Gasteiger partial charge in [0.15, 0.2) is 0 Å². The van der Waals surface area contributed by atoms with Crippen molar-refractivity contribution in [2.45, 2.75) is 19.4 Å². The summed E-state index contributed by atoms with van der Waals surface area (Å²) in [4.78, 5) is 21.2. The molecular formula is C11H12FNO3. The first-order valence-corrected chi connectivity index (χ1v) is 4.68. The quantitative estimate of drug-likeness (QED) is 0.759. The van der Waals surface area contributed by atoms with Gasteiger partial charge in [-0.3, -0.25) is 9.59 Å². The van der Waals surface area contributed by atoms with Crippen LogP contribution in [-0.4, -0.2) is 17.4 Å². The van der Waals surface area contributed by atoms with Gasteiger partial charge >= 0.3 is 5.97 Å². The van der Waals surface area contributed by atoms with Gasteiger partial charge in [-0.25, -0.2) is 4.39 Å². The van der Waals surface area contributed by atoms with E-state index in [4.69, 9.17) is 10.8 Å². The number of aryl methyl sites for hydroxylation is 1. The van der Waals surface area contributed by atoms with Crippen LogP contribution in [0.2, 0.25) is 0 Å². The van der Waals surface area contributed by atoms with Gasteiger partial charge < -0.3 is 10.8 Å². The lowest BCUT2D eigenvalue weighted by Crippen LogP contribution is -2.17. The van der Waals surface area contributed by atoms with Crippen molar-refractivity contribution >= 4 is 12.3 Å². The zero-order chi connectivity index (χ0) is 12.3. The van der Waals surface area contributed by atoms with Crippen molar-refractivity contribution < 1.29 is 19.1 Å². The highest BCUT2D eigenvalue weighted by Gasteiger charge is 2.16. The molecule has 0 aliphatic rings. The van der Waals surface area contributed by atoms with E-state index in [9.17, 15) is 14.0 Å². The molecule has 0 saturated heterocycles. The molecule has 0 heterocycles. The van der Waals surface area contributed by atoms with Gasteiger partial charge in [-0.2, -0.15) is 0 Å². The number of carbonyl (C=O) groups excluding carboxylic acids is 1. The van der Waals surface area contributed by atoms with Crippen LogP contribution in [0.4, 0.5) is 4.39 Å². The van der Waals surface area contributed by atoms with Gasteiger partial charge in [0, 0.05) is 11.6 Å². The second kappa shape index (κ2) is 4.85. The van der Waals surface area contributed by atoms with E-state index in [-0.39, 0.29) is 17.5 Å². The third kappa shape index (κ3) is 2.64. The summed E-state index contributed by atoms with van der Waals surface area (Å²) >= 11 is 0. The van der Waals surface area contributed by atoms with Crippen LogP contribution >= 0.6 is 0 Å². The van der Waals surface area contributed by atoms with Crippen LogP contribution in [0.3, 0.4) is 0 Å². The number of carboxylic acid groups (broad SMARTS) is 1. The van der Waals surface area contributed by atoms with Crippen LogP contribution in [-0.2, 0) is 4.79 Å². The molecule has 1 aromatic rings. The van der Waals surface area contributed by atoms with E-state index in [0.717, 1.165) is 6.07 Å². The average molecular weight is 225 g/mol. The Kier molecular flexibility index (Phi) is 3.73. The van der Waals surface area contributed by atoms with Crippen molar-refractivity contribution in [1.82, 2.24) is 0 Å². The van der Waals surface area contributed by atoms with Crippen LogP contribution in [0.25, 0.3) is 0 Å². The maximum Gasteiger partial charge on any atom is 0.305 e. The highest BCUT2D eigenvalue weighted by molar-refractivity contribution is 5.78. The van der Waals surface area contributed by atoms with E-state index in [0.29, 0.717) is 11.8 Å². The maximum absolute atomic E-state index is 13.3. The van der Waals surface area contributed by atoms with Crippen LogP contribution < -0.4 is 5.73 Å². The summed E-state index contributed by atoms with van der Waals surface area (Å²) in [5.41, 5.74) is 6.36. The summed E-state index contributed by atoms with van der Waals surface area (Å²) in [5.74, 6) is -1.59. The summed E-state index contributed by atoms with van der Waals surface area (Å²) < 4.78 is 13.3. The second-order valence-corrected chi connectivity index (χ2v) is 3.55. The number of hydrogen-bond donors (Lipinski definition) is 2. The molecule has 0 saturated carbocycles. The molecule has 16 heavy (non-hydrogen) atoms. The standard InChI is InChI=1S/C11H12FNO3/c1-6-2-7(5-14)8(3-9(6)12)10(13)4-11(15)16/h2-3,5,10H,4,13H2,1H3,(H,15,16). The van der Waals surface area contributed by atoms with Gasteiger partial charge in [-0.1, -0.05) is 0 Å². The van der Waals surface area contributed by atoms with Gasteiger partial charge in [-0.05, 0) is 30.2 Å². The fraction of sp³-hybridized carbons (Fsp3) is 0.273. The molecule has 1 unspecified atom stereocenters. The maximum atomic E-state index is 13.3. The summed E-state index contributed by atoms with van der Waals surface area (Å²) in [6, 6.07) is 1.60. The summed E-state index contributed by atoms with van der Waals surface area (Å²) in [6.07, 6.45) is 0.201. The van der Waals surface area contributed by atoms with Gasteiger partial charge in [0.25, 0.3) is 0 Å². The van der Waals surface area contributed by atoms with Gasteiger partial charge in [0.2, 0.25) is 0 Å². The minimum atomic E-state index is -1.09. The van der Waals surface area contributed by atoms with Crippen molar-refractivity contribution in [3.63, 3.8) is 0 Å². The summed E-state index contributed by atoms with van der Waals surface area (Å²) in [5, 5.41) is 8.57. The Bertz CT molecular complexity index is 431. The highest BCUT2D eigenvalue weighted by Crippen LogP contribution is 2.21. The monoisotopic (exact) mass is 225 g/mol. The highest BCUT2D eigenvalue weighted by atomic mass is 19.1. The molecule has 3 N–H and O–H groups in total. The Hall–Kier alpha value is -1.75. The van der Waals surface area contributed by atoms with Crippen LogP contribution in [0, 0.1) is 12.7 Å². The van der Waals surface area contributed by atoms with Gasteiger partial charge in [-0.15, -0.1) is 0 Å². The van der Waals surface area contributed by atoms with Crippen molar-refractivity contribution in [3.05, 3.63) is 34.6 Å². The lowest BCUT2D eigenvalue weighted by molar-refractivity contribution is -0.137. The number of benzene rings is 1. The Balaban J connectivity index is 3.15. The van der Waals surface area contributed by atoms with E-state index in [2.05, 4.69) is 0 Å². The largest absolute Gasteiger partial charge is 0.481 e. The predicted molar refractivity (Wildman–Crippen MR) is 55.7 cm³/mol. The molecule has 1 atom stereocenters. The molecule has 1 aromatic carbocycles. The topological polar surface area (TPSA) is 80.4 Å². The minimum absolute atomic E-state index is 0.223. The smallest absolute Gasteiger partial charge is 0.305 e. The Morgan fingerprint density at radius 2 is 2.25 bits per heavy atom. The van der Waals surface area contributed by atoms with E-state index >= 15 is 0 Å². The first-order chi connectivity index (χ1) is 7.45. The number of carbonyl (C=O) groups is 2. The summed E-state index contributed by atoms with van der Waals surface area (Å²) in [6.45, 7) is 1.52. The van der Waals surface area contributed by atoms with Crippen LogP contribution in [0.1, 0.15) is 33.9 Å². The molecule has 0 amide bonds. The summed E-state index contributed by atoms with van der Waals surface area (Å²) in [7, 11) is 0. The van der Waals surface area contributed by atoms with Crippen LogP contribution in [0.5, 0.6) is 0 Å². The number of halogens is 1. The Morgan fingerprint density at radius 1 is 1.62 bits per heavy atom. The van der Waals surface area contributed by atoms with E-state index in [1.54, 1.807) is 0 Å². The molecule has 1 rings (SSSR count). The fourth-order valence-electron chi connectivity index (χ4n) is 1.44. The first-order valence-electron chi connectivity index (χ1n) is 4.68. The van der Waals surface area contributed by atoms with E-state index in [1.807, 2.05) is 0 Å². The number of rotatable bonds is 4. The normalized spacial score (nSPS) is 12.2. The molecule has 0 aromatic heterocycles. The number of aldehydes is 1. The molecule has 0 aliphatic heterocycles. The minimum Gasteiger partial charge on any atom is -0.481 e. The fourth-order valence-corrected chi connectivity index (χ4v) is 1.44. The molecule has 0 spiro atoms. The SMILES string of the molecule is Cc1cc(C=O)c(C(N)CC(=O)O)cc1F. The predicted octanol–water partition coefficient (Wildman–Crippen LogP) is 1.42. The lowest BCUT2D eigenvalue weighted by Gasteiger charge is -2.13. The Labute approximate surface area is 91.9 Å².